The third kappa shape index (κ3) is 2.77. The summed E-state index contributed by atoms with van der Waals surface area (Å²) >= 11 is 17.2. The molecule has 2 heterocycles. The zero-order valence-electron chi connectivity index (χ0n) is 9.25. The van der Waals surface area contributed by atoms with Crippen molar-refractivity contribution in [3.05, 3.63) is 34.6 Å². The van der Waals surface area contributed by atoms with Gasteiger partial charge in [0.25, 0.3) is 0 Å². The molecule has 0 saturated heterocycles. The van der Waals surface area contributed by atoms with E-state index in [1.165, 1.54) is 6.92 Å². The molecule has 0 bridgehead atoms. The van der Waals surface area contributed by atoms with Crippen molar-refractivity contribution in [1.29, 1.82) is 0 Å². The van der Waals surface area contributed by atoms with Crippen molar-refractivity contribution < 1.29 is 4.79 Å². The number of rotatable bonds is 2. The molecule has 1 N–H and O–H groups in total. The Labute approximate surface area is 118 Å². The first-order valence-electron chi connectivity index (χ1n) is 4.95. The second-order valence-electron chi connectivity index (χ2n) is 3.56. The molecular weight excluding hydrogens is 297 g/mol. The third-order valence-electron chi connectivity index (χ3n) is 2.17. The number of carbonyl (C=O) groups excluding carboxylic acids is 1. The van der Waals surface area contributed by atoms with Crippen LogP contribution in [0.1, 0.15) is 12.5 Å². The molecule has 0 unspecified atom stereocenters. The van der Waals surface area contributed by atoms with E-state index in [4.69, 9.17) is 34.8 Å². The molecular formula is C11H8Cl3N3O. The van der Waals surface area contributed by atoms with Gasteiger partial charge in [0.05, 0.1) is 11.2 Å². The maximum atomic E-state index is 10.9. The van der Waals surface area contributed by atoms with E-state index in [0.717, 1.165) is 0 Å². The van der Waals surface area contributed by atoms with E-state index in [0.29, 0.717) is 17.0 Å². The van der Waals surface area contributed by atoms with Crippen LogP contribution in [0, 0.1) is 0 Å². The Kier molecular flexibility index (Phi) is 3.80. The van der Waals surface area contributed by atoms with Gasteiger partial charge in [-0.25, -0.2) is 4.98 Å². The highest BCUT2D eigenvalue weighted by atomic mass is 35.5. The smallest absolute Gasteiger partial charge is 0.222 e. The van der Waals surface area contributed by atoms with Crippen LogP contribution in [0.15, 0.2) is 29.0 Å². The topological polar surface area (TPSA) is 46.4 Å². The van der Waals surface area contributed by atoms with Crippen molar-refractivity contribution in [3.63, 3.8) is 0 Å². The molecule has 0 aliphatic rings. The predicted molar refractivity (Wildman–Crippen MR) is 74.0 cm³/mol. The van der Waals surface area contributed by atoms with E-state index in [9.17, 15) is 4.79 Å². The molecule has 18 heavy (non-hydrogen) atoms. The summed E-state index contributed by atoms with van der Waals surface area (Å²) < 4.78 is 1.72. The van der Waals surface area contributed by atoms with E-state index in [-0.39, 0.29) is 15.4 Å². The SMILES string of the molecule is CC(=O)Nc1cn2cc(C(Cl)=C(Cl)Cl)ccc2n1. The summed E-state index contributed by atoms with van der Waals surface area (Å²) in [4.78, 5) is 15.1. The van der Waals surface area contributed by atoms with E-state index < -0.39 is 0 Å². The minimum atomic E-state index is -0.180. The van der Waals surface area contributed by atoms with Gasteiger partial charge >= 0.3 is 0 Å². The highest BCUT2D eigenvalue weighted by Crippen LogP contribution is 2.28. The molecule has 0 saturated carbocycles. The number of nitrogens with one attached hydrogen (secondary N) is 1. The number of halogens is 3. The molecule has 2 aromatic heterocycles. The average molecular weight is 305 g/mol. The van der Waals surface area contributed by atoms with Crippen LogP contribution in [0.3, 0.4) is 0 Å². The van der Waals surface area contributed by atoms with Crippen molar-refractivity contribution in [3.8, 4) is 0 Å². The van der Waals surface area contributed by atoms with Gasteiger partial charge in [-0.15, -0.1) is 0 Å². The van der Waals surface area contributed by atoms with E-state index in [1.807, 2.05) is 0 Å². The van der Waals surface area contributed by atoms with Gasteiger partial charge in [0, 0.05) is 18.7 Å². The van der Waals surface area contributed by atoms with Crippen molar-refractivity contribution >= 4 is 57.2 Å². The summed E-state index contributed by atoms with van der Waals surface area (Å²) in [5.74, 6) is 0.289. The lowest BCUT2D eigenvalue weighted by Gasteiger charge is -2.00. The first-order chi connectivity index (χ1) is 8.47. The molecule has 0 fully saturated rings. The number of pyridine rings is 1. The normalized spacial score (nSPS) is 10.4. The number of nitrogens with zero attached hydrogens (tertiary/aromatic N) is 2. The maximum absolute atomic E-state index is 10.9. The Morgan fingerprint density at radius 2 is 2.00 bits per heavy atom. The monoisotopic (exact) mass is 303 g/mol. The van der Waals surface area contributed by atoms with E-state index in [1.54, 1.807) is 28.9 Å². The number of hydrogen-bond donors (Lipinski definition) is 1. The minimum Gasteiger partial charge on any atom is -0.310 e. The van der Waals surface area contributed by atoms with Gasteiger partial charge in [0.15, 0.2) is 5.82 Å². The van der Waals surface area contributed by atoms with E-state index >= 15 is 0 Å². The molecule has 2 rings (SSSR count). The largest absolute Gasteiger partial charge is 0.310 e. The summed E-state index contributed by atoms with van der Waals surface area (Å²) in [6.07, 6.45) is 3.40. The predicted octanol–water partition coefficient (Wildman–Crippen LogP) is 3.64. The van der Waals surface area contributed by atoms with Crippen LogP contribution in [-0.2, 0) is 4.79 Å². The molecule has 7 heteroatoms. The van der Waals surface area contributed by atoms with Crippen molar-refractivity contribution in [2.24, 2.45) is 0 Å². The molecule has 0 aliphatic carbocycles. The van der Waals surface area contributed by atoms with Crippen LogP contribution in [0.4, 0.5) is 5.82 Å². The summed E-state index contributed by atoms with van der Waals surface area (Å²) in [6.45, 7) is 1.42. The molecule has 0 radical (unpaired) electrons. The fraction of sp³-hybridized carbons (Fsp3) is 0.0909. The molecule has 0 atom stereocenters. The standard InChI is InChI=1S/C11H8Cl3N3O/c1-6(18)15-8-5-17-4-7(10(12)11(13)14)2-3-9(17)16-8/h2-5H,1H3,(H,15,18). The molecule has 0 aliphatic heterocycles. The van der Waals surface area contributed by atoms with Crippen LogP contribution in [0.25, 0.3) is 10.7 Å². The number of imidazole rings is 1. The number of anilines is 1. The number of fused-ring (bicyclic) bond motifs is 1. The van der Waals surface area contributed by atoms with Crippen LogP contribution in [-0.4, -0.2) is 15.3 Å². The molecule has 4 nitrogen and oxygen atoms in total. The van der Waals surface area contributed by atoms with Crippen LogP contribution >= 0.6 is 34.8 Å². The summed E-state index contributed by atoms with van der Waals surface area (Å²) in [5.41, 5.74) is 1.34. The van der Waals surface area contributed by atoms with Crippen LogP contribution < -0.4 is 5.32 Å². The molecule has 2 aromatic rings. The van der Waals surface area contributed by atoms with Crippen LogP contribution in [0.5, 0.6) is 0 Å². The number of hydrogen-bond acceptors (Lipinski definition) is 2. The summed E-state index contributed by atoms with van der Waals surface area (Å²) in [5, 5.41) is 2.86. The number of amides is 1. The Morgan fingerprint density at radius 3 is 2.61 bits per heavy atom. The highest BCUT2D eigenvalue weighted by molar-refractivity contribution is 6.66. The molecule has 0 spiro atoms. The molecule has 94 valence electrons. The zero-order valence-corrected chi connectivity index (χ0v) is 11.5. The molecule has 1 amide bonds. The first kappa shape index (κ1) is 13.2. The lowest BCUT2D eigenvalue weighted by atomic mass is 10.3. The van der Waals surface area contributed by atoms with Crippen molar-refractivity contribution in [2.75, 3.05) is 5.32 Å². The Balaban J connectivity index is 2.46. The number of carbonyl (C=O) groups is 1. The Hall–Kier alpha value is -1.23. The summed E-state index contributed by atoms with van der Waals surface area (Å²) in [6, 6.07) is 3.49. The third-order valence-corrected chi connectivity index (χ3v) is 3.15. The lowest BCUT2D eigenvalue weighted by molar-refractivity contribution is -0.114. The van der Waals surface area contributed by atoms with Gasteiger partial charge in [-0.3, -0.25) is 4.79 Å². The van der Waals surface area contributed by atoms with Gasteiger partial charge in [-0.05, 0) is 12.1 Å². The van der Waals surface area contributed by atoms with Crippen LogP contribution in [0.2, 0.25) is 0 Å². The minimum absolute atomic E-state index is 0.00165. The quantitative estimate of drug-likeness (QED) is 0.921. The van der Waals surface area contributed by atoms with Gasteiger partial charge in [-0.1, -0.05) is 34.8 Å². The lowest BCUT2D eigenvalue weighted by Crippen LogP contribution is -2.05. The Bertz CT molecular complexity index is 644. The number of aromatic nitrogens is 2. The fourth-order valence-corrected chi connectivity index (χ4v) is 1.80. The second-order valence-corrected chi connectivity index (χ2v) is 4.89. The van der Waals surface area contributed by atoms with Gasteiger partial charge < -0.3 is 9.72 Å². The zero-order chi connectivity index (χ0) is 13.3. The van der Waals surface area contributed by atoms with Crippen molar-refractivity contribution in [2.45, 2.75) is 6.92 Å². The maximum Gasteiger partial charge on any atom is 0.222 e. The van der Waals surface area contributed by atoms with Crippen molar-refractivity contribution in [1.82, 2.24) is 9.38 Å². The molecule has 0 aromatic carbocycles. The van der Waals surface area contributed by atoms with E-state index in [2.05, 4.69) is 10.3 Å². The fourth-order valence-electron chi connectivity index (χ4n) is 1.47. The van der Waals surface area contributed by atoms with Gasteiger partial charge in [-0.2, -0.15) is 0 Å². The van der Waals surface area contributed by atoms with Gasteiger partial charge in [0.1, 0.15) is 10.1 Å². The average Bonchev–Trinajstić information content (AvgIpc) is 2.67. The second kappa shape index (κ2) is 5.18. The Morgan fingerprint density at radius 1 is 1.28 bits per heavy atom. The van der Waals surface area contributed by atoms with Gasteiger partial charge in [0.2, 0.25) is 5.91 Å². The first-order valence-corrected chi connectivity index (χ1v) is 6.08. The highest BCUT2D eigenvalue weighted by Gasteiger charge is 2.07. The summed E-state index contributed by atoms with van der Waals surface area (Å²) in [7, 11) is 0.